The highest BCUT2D eigenvalue weighted by molar-refractivity contribution is 4.66. The lowest BCUT2D eigenvalue weighted by Crippen LogP contribution is -2.30. The van der Waals surface area contributed by atoms with E-state index in [1.807, 2.05) is 0 Å². The Morgan fingerprint density at radius 3 is 2.58 bits per heavy atom. The van der Waals surface area contributed by atoms with Crippen molar-refractivity contribution in [3.63, 3.8) is 0 Å². The van der Waals surface area contributed by atoms with Crippen LogP contribution in [-0.4, -0.2) is 37.6 Å². The van der Waals surface area contributed by atoms with Gasteiger partial charge in [0, 0.05) is 13.1 Å². The van der Waals surface area contributed by atoms with Gasteiger partial charge in [-0.05, 0) is 38.9 Å². The summed E-state index contributed by atoms with van der Waals surface area (Å²) in [6.07, 6.45) is 5.45. The summed E-state index contributed by atoms with van der Waals surface area (Å²) in [6.45, 7) is 8.53. The monoisotopic (exact) mass is 170 g/mol. The van der Waals surface area contributed by atoms with E-state index >= 15 is 0 Å². The van der Waals surface area contributed by atoms with Crippen molar-refractivity contribution in [1.29, 1.82) is 0 Å². The summed E-state index contributed by atoms with van der Waals surface area (Å²) in [6, 6.07) is 0. The van der Waals surface area contributed by atoms with Gasteiger partial charge in [0.15, 0.2) is 0 Å². The van der Waals surface area contributed by atoms with E-state index in [2.05, 4.69) is 17.1 Å². The summed E-state index contributed by atoms with van der Waals surface area (Å²) < 4.78 is 0. The molecule has 72 valence electrons. The number of rotatable bonds is 6. The Morgan fingerprint density at radius 1 is 1.17 bits per heavy atom. The molecule has 0 aromatic rings. The number of unbranched alkanes of at least 4 members (excludes halogenated alkanes) is 1. The molecule has 0 radical (unpaired) electrons. The summed E-state index contributed by atoms with van der Waals surface area (Å²) in [5, 5.41) is 3.47. The van der Waals surface area contributed by atoms with Crippen LogP contribution in [0.5, 0.6) is 0 Å². The molecular formula is C10H22N2. The second kappa shape index (κ2) is 6.44. The Labute approximate surface area is 76.3 Å². The maximum absolute atomic E-state index is 3.47. The van der Waals surface area contributed by atoms with Gasteiger partial charge in [0.2, 0.25) is 0 Å². The lowest BCUT2D eigenvalue weighted by Gasteiger charge is -2.14. The van der Waals surface area contributed by atoms with Crippen LogP contribution in [0.2, 0.25) is 0 Å². The highest BCUT2D eigenvalue weighted by Crippen LogP contribution is 2.05. The fourth-order valence-corrected chi connectivity index (χ4v) is 1.67. The summed E-state index contributed by atoms with van der Waals surface area (Å²) in [7, 11) is 0. The Bertz CT molecular complexity index is 98.0. The molecule has 1 rings (SSSR count). The molecule has 1 heterocycles. The van der Waals surface area contributed by atoms with Crippen LogP contribution in [0.4, 0.5) is 0 Å². The fraction of sp³-hybridized carbons (Fsp3) is 1.00. The molecule has 1 fully saturated rings. The van der Waals surface area contributed by atoms with E-state index in [0.717, 1.165) is 0 Å². The summed E-state index contributed by atoms with van der Waals surface area (Å²) >= 11 is 0. The van der Waals surface area contributed by atoms with Crippen LogP contribution in [0.25, 0.3) is 0 Å². The zero-order valence-electron chi connectivity index (χ0n) is 8.31. The Balaban J connectivity index is 1.81. The van der Waals surface area contributed by atoms with E-state index in [0.29, 0.717) is 0 Å². The first-order valence-electron chi connectivity index (χ1n) is 5.36. The van der Waals surface area contributed by atoms with Crippen molar-refractivity contribution in [3.8, 4) is 0 Å². The first-order valence-corrected chi connectivity index (χ1v) is 5.36. The van der Waals surface area contributed by atoms with E-state index in [1.54, 1.807) is 0 Å². The molecule has 0 saturated carbocycles. The van der Waals surface area contributed by atoms with E-state index in [-0.39, 0.29) is 0 Å². The minimum atomic E-state index is 1.18. The zero-order valence-corrected chi connectivity index (χ0v) is 8.31. The first-order chi connectivity index (χ1) is 5.93. The number of nitrogens with zero attached hydrogens (tertiary/aromatic N) is 1. The molecule has 0 amide bonds. The fourth-order valence-electron chi connectivity index (χ4n) is 1.67. The molecule has 2 heteroatoms. The zero-order chi connectivity index (χ0) is 8.65. The van der Waals surface area contributed by atoms with Crippen LogP contribution in [0.1, 0.15) is 32.6 Å². The highest BCUT2D eigenvalue weighted by Gasteiger charge is 2.09. The quantitative estimate of drug-likeness (QED) is 0.607. The Kier molecular flexibility index (Phi) is 5.37. The second-order valence-corrected chi connectivity index (χ2v) is 3.65. The van der Waals surface area contributed by atoms with Crippen LogP contribution in [0.3, 0.4) is 0 Å². The largest absolute Gasteiger partial charge is 0.315 e. The molecular weight excluding hydrogens is 148 g/mol. The van der Waals surface area contributed by atoms with Crippen LogP contribution in [0.15, 0.2) is 0 Å². The van der Waals surface area contributed by atoms with Gasteiger partial charge >= 0.3 is 0 Å². The third-order valence-corrected chi connectivity index (χ3v) is 2.51. The number of hydrogen-bond donors (Lipinski definition) is 1. The molecule has 0 unspecified atom stereocenters. The van der Waals surface area contributed by atoms with Gasteiger partial charge in [-0.2, -0.15) is 0 Å². The van der Waals surface area contributed by atoms with Crippen molar-refractivity contribution >= 4 is 0 Å². The Hall–Kier alpha value is -0.0800. The minimum Gasteiger partial charge on any atom is -0.315 e. The molecule has 0 atom stereocenters. The van der Waals surface area contributed by atoms with Gasteiger partial charge in [0.05, 0.1) is 0 Å². The lowest BCUT2D eigenvalue weighted by molar-refractivity contribution is 0.336. The first kappa shape index (κ1) is 10.0. The summed E-state index contributed by atoms with van der Waals surface area (Å²) in [4.78, 5) is 2.55. The molecule has 0 aliphatic carbocycles. The van der Waals surface area contributed by atoms with Gasteiger partial charge < -0.3 is 10.2 Å². The van der Waals surface area contributed by atoms with Crippen molar-refractivity contribution in [2.45, 2.75) is 32.6 Å². The second-order valence-electron chi connectivity index (χ2n) is 3.65. The average Bonchev–Trinajstić information content (AvgIpc) is 2.57. The van der Waals surface area contributed by atoms with Gasteiger partial charge in [-0.15, -0.1) is 0 Å². The van der Waals surface area contributed by atoms with Crippen LogP contribution >= 0.6 is 0 Å². The van der Waals surface area contributed by atoms with Crippen molar-refractivity contribution in [2.75, 3.05) is 32.7 Å². The van der Waals surface area contributed by atoms with Gasteiger partial charge in [-0.1, -0.05) is 13.3 Å². The number of nitrogens with one attached hydrogen (secondary N) is 1. The lowest BCUT2D eigenvalue weighted by atomic mass is 10.3. The number of hydrogen-bond acceptors (Lipinski definition) is 2. The molecule has 12 heavy (non-hydrogen) atoms. The smallest absolute Gasteiger partial charge is 0.0107 e. The van der Waals surface area contributed by atoms with Gasteiger partial charge in [0.25, 0.3) is 0 Å². The molecule has 1 aliphatic heterocycles. The van der Waals surface area contributed by atoms with Crippen molar-refractivity contribution in [1.82, 2.24) is 10.2 Å². The molecule has 1 saturated heterocycles. The van der Waals surface area contributed by atoms with E-state index in [4.69, 9.17) is 0 Å². The predicted molar refractivity (Wildman–Crippen MR) is 53.5 cm³/mol. The van der Waals surface area contributed by atoms with Crippen molar-refractivity contribution in [3.05, 3.63) is 0 Å². The average molecular weight is 170 g/mol. The van der Waals surface area contributed by atoms with Crippen molar-refractivity contribution in [2.24, 2.45) is 0 Å². The maximum atomic E-state index is 3.47. The van der Waals surface area contributed by atoms with Crippen molar-refractivity contribution < 1.29 is 0 Å². The van der Waals surface area contributed by atoms with Gasteiger partial charge in [-0.3, -0.25) is 0 Å². The topological polar surface area (TPSA) is 15.3 Å². The van der Waals surface area contributed by atoms with E-state index in [9.17, 15) is 0 Å². The molecule has 0 aromatic carbocycles. The summed E-state index contributed by atoms with van der Waals surface area (Å²) in [5.74, 6) is 0. The van der Waals surface area contributed by atoms with E-state index < -0.39 is 0 Å². The maximum Gasteiger partial charge on any atom is 0.0107 e. The molecule has 2 nitrogen and oxygen atoms in total. The van der Waals surface area contributed by atoms with Gasteiger partial charge in [-0.25, -0.2) is 0 Å². The standard InChI is InChI=1S/C10H22N2/c1-2-3-6-11-7-10-12-8-4-5-9-12/h11H,2-10H2,1H3. The highest BCUT2D eigenvalue weighted by atomic mass is 15.1. The SMILES string of the molecule is CCCCNCCN1CCCC1. The Morgan fingerprint density at radius 2 is 1.92 bits per heavy atom. The normalized spacial score (nSPS) is 18.8. The minimum absolute atomic E-state index is 1.18. The molecule has 0 spiro atoms. The molecule has 0 bridgehead atoms. The van der Waals surface area contributed by atoms with E-state index in [1.165, 1.54) is 58.4 Å². The molecule has 1 N–H and O–H groups in total. The van der Waals surface area contributed by atoms with Gasteiger partial charge in [0.1, 0.15) is 0 Å². The van der Waals surface area contributed by atoms with Crippen LogP contribution < -0.4 is 5.32 Å². The number of likely N-dealkylation sites (tertiary alicyclic amines) is 1. The van der Waals surface area contributed by atoms with Crippen LogP contribution in [-0.2, 0) is 0 Å². The third-order valence-electron chi connectivity index (χ3n) is 2.51. The third kappa shape index (κ3) is 4.07. The summed E-state index contributed by atoms with van der Waals surface area (Å²) in [5.41, 5.74) is 0. The predicted octanol–water partition coefficient (Wildman–Crippen LogP) is 1.47. The van der Waals surface area contributed by atoms with Crippen LogP contribution in [0, 0.1) is 0 Å². The molecule has 0 aromatic heterocycles. The molecule has 1 aliphatic rings.